The molecule has 0 saturated heterocycles. The molecular formula is C19H15ClF3N3. The van der Waals surface area contributed by atoms with Crippen molar-refractivity contribution in [1.82, 2.24) is 9.78 Å². The van der Waals surface area contributed by atoms with Crippen LogP contribution in [0.2, 0.25) is 5.02 Å². The zero-order valence-corrected chi connectivity index (χ0v) is 14.6. The van der Waals surface area contributed by atoms with Crippen LogP contribution < -0.4 is 5.32 Å². The Morgan fingerprint density at radius 1 is 1.15 bits per heavy atom. The highest BCUT2D eigenvalue weighted by atomic mass is 35.5. The minimum Gasteiger partial charge on any atom is -0.369 e. The molecule has 3 aromatic rings. The number of fused-ring (bicyclic) bond motifs is 1. The molecule has 0 saturated carbocycles. The fraction of sp³-hybridized carbons (Fsp3) is 0.211. The van der Waals surface area contributed by atoms with Crippen LogP contribution in [0, 0.1) is 6.92 Å². The number of benzene rings is 2. The normalized spacial score (nSPS) is 13.6. The highest BCUT2D eigenvalue weighted by Crippen LogP contribution is 2.38. The number of hydrogen-bond donors (Lipinski definition) is 1. The maximum absolute atomic E-state index is 13.1. The topological polar surface area (TPSA) is 29.9 Å². The molecule has 1 N–H and O–H groups in total. The molecule has 3 nitrogen and oxygen atoms in total. The van der Waals surface area contributed by atoms with Crippen molar-refractivity contribution in [3.63, 3.8) is 0 Å². The van der Waals surface area contributed by atoms with Crippen molar-refractivity contribution < 1.29 is 13.2 Å². The van der Waals surface area contributed by atoms with Crippen LogP contribution in [0.15, 0.2) is 42.5 Å². The third-order valence-electron chi connectivity index (χ3n) is 4.44. The Hall–Kier alpha value is -2.47. The third-order valence-corrected chi connectivity index (χ3v) is 4.76. The largest absolute Gasteiger partial charge is 0.416 e. The lowest BCUT2D eigenvalue weighted by molar-refractivity contribution is -0.137. The molecule has 0 radical (unpaired) electrons. The number of nitrogens with one attached hydrogen (secondary N) is 1. The smallest absolute Gasteiger partial charge is 0.369 e. The Bertz CT molecular complexity index is 992. The average molecular weight is 378 g/mol. The van der Waals surface area contributed by atoms with Crippen LogP contribution in [0.3, 0.4) is 0 Å². The summed E-state index contributed by atoms with van der Waals surface area (Å²) in [4.78, 5) is 0. The molecule has 0 unspecified atom stereocenters. The Morgan fingerprint density at radius 2 is 1.96 bits per heavy atom. The molecule has 0 fully saturated rings. The maximum atomic E-state index is 13.1. The number of rotatable bonds is 2. The number of nitrogens with zero attached hydrogens (tertiary/aromatic N) is 2. The van der Waals surface area contributed by atoms with Gasteiger partial charge < -0.3 is 5.32 Å². The number of halogens is 4. The lowest BCUT2D eigenvalue weighted by atomic mass is 10.0. The van der Waals surface area contributed by atoms with Crippen molar-refractivity contribution in [1.29, 1.82) is 0 Å². The van der Waals surface area contributed by atoms with Crippen molar-refractivity contribution >= 4 is 17.4 Å². The lowest BCUT2D eigenvalue weighted by Crippen LogP contribution is -2.09. The summed E-state index contributed by atoms with van der Waals surface area (Å²) >= 11 is 6.21. The van der Waals surface area contributed by atoms with E-state index in [1.807, 2.05) is 31.2 Å². The van der Waals surface area contributed by atoms with E-state index in [1.165, 1.54) is 10.7 Å². The summed E-state index contributed by atoms with van der Waals surface area (Å²) in [6.07, 6.45) is -3.68. The summed E-state index contributed by atoms with van der Waals surface area (Å²) < 4.78 is 40.8. The molecule has 2 aromatic carbocycles. The van der Waals surface area contributed by atoms with E-state index in [1.54, 1.807) is 0 Å². The van der Waals surface area contributed by atoms with Gasteiger partial charge >= 0.3 is 6.18 Å². The van der Waals surface area contributed by atoms with E-state index in [4.69, 9.17) is 11.6 Å². The Kier molecular flexibility index (Phi) is 3.95. The molecule has 0 atom stereocenters. The molecule has 2 heterocycles. The van der Waals surface area contributed by atoms with Crippen LogP contribution in [0.25, 0.3) is 16.9 Å². The summed E-state index contributed by atoms with van der Waals surface area (Å²) in [5, 5.41) is 8.03. The minimum atomic E-state index is -4.44. The number of alkyl halides is 3. The molecule has 1 aliphatic rings. The highest BCUT2D eigenvalue weighted by Gasteiger charge is 2.32. The Morgan fingerprint density at radius 3 is 2.69 bits per heavy atom. The molecule has 1 aliphatic heterocycles. The molecule has 26 heavy (non-hydrogen) atoms. The predicted molar refractivity (Wildman–Crippen MR) is 95.9 cm³/mol. The van der Waals surface area contributed by atoms with Crippen LogP contribution >= 0.6 is 11.6 Å². The Balaban J connectivity index is 1.91. The molecule has 7 heteroatoms. The fourth-order valence-corrected chi connectivity index (χ4v) is 3.42. The number of anilines is 1. The molecular weight excluding hydrogens is 363 g/mol. The van der Waals surface area contributed by atoms with E-state index in [0.717, 1.165) is 40.9 Å². The maximum Gasteiger partial charge on any atom is 0.416 e. The van der Waals surface area contributed by atoms with Gasteiger partial charge in [-0.25, -0.2) is 4.68 Å². The standard InChI is InChI=1S/C19H15ClF3N3/c1-11-3-2-4-12(9-11)17-14-7-8-24-18(14)26(25-17)16-10-13(19(21,22)23)5-6-15(16)20/h2-6,9-10,24H,7-8H2,1H3. The summed E-state index contributed by atoms with van der Waals surface area (Å²) in [6.45, 7) is 2.70. The molecule has 134 valence electrons. The molecule has 4 rings (SSSR count). The molecule has 0 aliphatic carbocycles. The van der Waals surface area contributed by atoms with Gasteiger partial charge in [0.2, 0.25) is 0 Å². The number of hydrogen-bond acceptors (Lipinski definition) is 2. The number of aromatic nitrogens is 2. The van der Waals surface area contributed by atoms with E-state index < -0.39 is 11.7 Å². The van der Waals surface area contributed by atoms with Crippen LogP contribution in [0.5, 0.6) is 0 Å². The molecule has 0 spiro atoms. The first-order valence-electron chi connectivity index (χ1n) is 8.14. The van der Waals surface area contributed by atoms with E-state index in [-0.39, 0.29) is 10.7 Å². The Labute approximate surface area is 153 Å². The predicted octanol–water partition coefficient (Wildman–Crippen LogP) is 5.49. The highest BCUT2D eigenvalue weighted by molar-refractivity contribution is 6.32. The van der Waals surface area contributed by atoms with Gasteiger partial charge in [-0.2, -0.15) is 18.3 Å². The summed E-state index contributed by atoms with van der Waals surface area (Å²) in [6, 6.07) is 11.2. The van der Waals surface area contributed by atoms with Crippen molar-refractivity contribution in [2.24, 2.45) is 0 Å². The fourth-order valence-electron chi connectivity index (χ4n) is 3.22. The van der Waals surface area contributed by atoms with Gasteiger partial charge in [-0.1, -0.05) is 35.4 Å². The first kappa shape index (κ1) is 17.0. The summed E-state index contributed by atoms with van der Waals surface area (Å²) in [7, 11) is 0. The van der Waals surface area contributed by atoms with Gasteiger partial charge in [-0.15, -0.1) is 0 Å². The molecule has 0 bridgehead atoms. The van der Waals surface area contributed by atoms with Gasteiger partial charge in [0.1, 0.15) is 5.82 Å². The van der Waals surface area contributed by atoms with E-state index in [0.29, 0.717) is 12.4 Å². The summed E-state index contributed by atoms with van der Waals surface area (Å²) in [5.74, 6) is 0.697. The SMILES string of the molecule is Cc1cccc(-c2nn(-c3cc(C(F)(F)F)ccc3Cl)c3c2CCN3)c1. The van der Waals surface area contributed by atoms with E-state index >= 15 is 0 Å². The van der Waals surface area contributed by atoms with Crippen LogP contribution in [0.1, 0.15) is 16.7 Å². The van der Waals surface area contributed by atoms with Crippen molar-refractivity contribution in [3.05, 3.63) is 64.2 Å². The van der Waals surface area contributed by atoms with Gasteiger partial charge in [-0.05, 0) is 37.6 Å². The quantitative estimate of drug-likeness (QED) is 0.640. The van der Waals surface area contributed by atoms with Crippen LogP contribution in [-0.2, 0) is 12.6 Å². The monoisotopic (exact) mass is 377 g/mol. The lowest BCUT2D eigenvalue weighted by Gasteiger charge is -2.12. The third kappa shape index (κ3) is 2.84. The number of aryl methyl sites for hydroxylation is 1. The van der Waals surface area contributed by atoms with Gasteiger partial charge in [0.25, 0.3) is 0 Å². The van der Waals surface area contributed by atoms with Gasteiger partial charge in [0.05, 0.1) is 22.0 Å². The van der Waals surface area contributed by atoms with E-state index in [2.05, 4.69) is 10.4 Å². The molecule has 1 aromatic heterocycles. The average Bonchev–Trinajstić information content (AvgIpc) is 3.16. The zero-order valence-electron chi connectivity index (χ0n) is 13.9. The molecule has 0 amide bonds. The summed E-state index contributed by atoms with van der Waals surface area (Å²) in [5.41, 5.74) is 3.24. The second-order valence-electron chi connectivity index (χ2n) is 6.30. The van der Waals surface area contributed by atoms with Gasteiger partial charge in [0.15, 0.2) is 0 Å². The van der Waals surface area contributed by atoms with Gasteiger partial charge in [0, 0.05) is 17.7 Å². The van der Waals surface area contributed by atoms with E-state index in [9.17, 15) is 13.2 Å². The zero-order chi connectivity index (χ0) is 18.5. The van der Waals surface area contributed by atoms with Crippen molar-refractivity contribution in [2.75, 3.05) is 11.9 Å². The van der Waals surface area contributed by atoms with Crippen molar-refractivity contribution in [3.8, 4) is 16.9 Å². The minimum absolute atomic E-state index is 0.214. The second-order valence-corrected chi connectivity index (χ2v) is 6.70. The van der Waals surface area contributed by atoms with Crippen LogP contribution in [-0.4, -0.2) is 16.3 Å². The van der Waals surface area contributed by atoms with Crippen LogP contribution in [0.4, 0.5) is 19.0 Å². The first-order chi connectivity index (χ1) is 12.3. The van der Waals surface area contributed by atoms with Gasteiger partial charge in [-0.3, -0.25) is 0 Å². The first-order valence-corrected chi connectivity index (χ1v) is 8.52. The van der Waals surface area contributed by atoms with Crippen molar-refractivity contribution in [2.45, 2.75) is 19.5 Å². The second kappa shape index (κ2) is 6.06.